The monoisotopic (exact) mass is 146 g/mol. The summed E-state index contributed by atoms with van der Waals surface area (Å²) in [4.78, 5) is 3.45. The summed E-state index contributed by atoms with van der Waals surface area (Å²) >= 11 is 0. The molecule has 48 valence electrons. The Morgan fingerprint density at radius 1 is 1.62 bits per heavy atom. The average molecular weight is 146 g/mol. The first-order valence-electron chi connectivity index (χ1n) is 3.25. The second kappa shape index (κ2) is 2.77. The first kappa shape index (κ1) is 6.47. The smallest absolute Gasteiger partial charge is 0.163 e. The predicted octanol–water partition coefficient (Wildman–Crippen LogP) is -1.13. The fourth-order valence-corrected chi connectivity index (χ4v) is 4.38. The van der Waals surface area contributed by atoms with E-state index in [1.807, 2.05) is 0 Å². The first-order chi connectivity index (χ1) is 3.80. The molecule has 0 bridgehead atoms. The van der Waals surface area contributed by atoms with Crippen LogP contribution >= 0.6 is 0 Å². The van der Waals surface area contributed by atoms with E-state index in [2.05, 4.69) is 22.3 Å². The average Bonchev–Trinajstić information content (AvgIpc) is 2.12. The summed E-state index contributed by atoms with van der Waals surface area (Å²) in [6, 6.07) is 0. The van der Waals surface area contributed by atoms with E-state index in [1.165, 1.54) is 13.1 Å². The number of hydrogen-bond donors (Lipinski definition) is 1. The summed E-state index contributed by atoms with van der Waals surface area (Å²) < 4.78 is 2.69. The second-order valence-electron chi connectivity index (χ2n) is 2.56. The molecule has 0 radical (unpaired) electrons. The van der Waals surface area contributed by atoms with Crippen LogP contribution in [0.5, 0.6) is 0 Å². The van der Waals surface area contributed by atoms with Crippen LogP contribution in [0.15, 0.2) is 0 Å². The highest BCUT2D eigenvalue weighted by atomic mass is 28.3. The lowest BCUT2D eigenvalue weighted by atomic mass is 10.7. The van der Waals surface area contributed by atoms with Crippen LogP contribution in [0.1, 0.15) is 0 Å². The van der Waals surface area contributed by atoms with Crippen molar-refractivity contribution in [3.63, 3.8) is 0 Å². The Labute approximate surface area is 54.9 Å². The summed E-state index contributed by atoms with van der Waals surface area (Å²) in [5.74, 6) is 0. The Morgan fingerprint density at radius 3 is 2.62 bits per heavy atom. The molecule has 0 aliphatic carbocycles. The van der Waals surface area contributed by atoms with Crippen LogP contribution in [0.25, 0.3) is 0 Å². The van der Waals surface area contributed by atoms with Crippen molar-refractivity contribution < 1.29 is 0 Å². The normalized spacial score (nSPS) is 25.9. The van der Waals surface area contributed by atoms with Crippen LogP contribution in [0.3, 0.4) is 0 Å². The van der Waals surface area contributed by atoms with E-state index in [0.717, 1.165) is 0 Å². The molecule has 1 aliphatic rings. The Hall–Kier alpha value is 0.354. The van der Waals surface area contributed by atoms with E-state index in [4.69, 9.17) is 0 Å². The molecule has 4 heteroatoms. The van der Waals surface area contributed by atoms with Gasteiger partial charge in [-0.25, -0.2) is 0 Å². The molecular weight excluding hydrogens is 132 g/mol. The van der Waals surface area contributed by atoms with Crippen molar-refractivity contribution >= 4 is 18.8 Å². The third-order valence-electron chi connectivity index (χ3n) is 1.62. The standard InChI is InChI=1S/C4H14N2Si2/c1-8(2)6-4-3-5-7-6/h5,8H,3-4,7H2,1-2H3. The number of rotatable bonds is 1. The Morgan fingerprint density at radius 2 is 2.38 bits per heavy atom. The SMILES string of the molecule is C[SiH](C)N1CCN[SiH2]1. The molecule has 0 aromatic heterocycles. The Balaban J connectivity index is 2.24. The van der Waals surface area contributed by atoms with E-state index in [9.17, 15) is 0 Å². The molecule has 0 aromatic rings. The number of nitrogens with one attached hydrogen (secondary N) is 1. The summed E-state index contributed by atoms with van der Waals surface area (Å²) in [5, 5.41) is 0. The highest BCUT2D eigenvalue weighted by Gasteiger charge is 2.13. The van der Waals surface area contributed by atoms with Crippen LogP contribution < -0.4 is 4.98 Å². The van der Waals surface area contributed by atoms with Gasteiger partial charge in [-0.1, -0.05) is 13.1 Å². The van der Waals surface area contributed by atoms with Crippen molar-refractivity contribution in [1.29, 1.82) is 0 Å². The maximum absolute atomic E-state index is 3.45. The third kappa shape index (κ3) is 1.41. The van der Waals surface area contributed by atoms with Gasteiger partial charge in [0.2, 0.25) is 0 Å². The van der Waals surface area contributed by atoms with Crippen molar-refractivity contribution in [2.24, 2.45) is 0 Å². The molecule has 8 heavy (non-hydrogen) atoms. The molecule has 2 nitrogen and oxygen atoms in total. The highest BCUT2D eigenvalue weighted by molar-refractivity contribution is 6.62. The minimum atomic E-state index is -0.390. The van der Waals surface area contributed by atoms with E-state index in [0.29, 0.717) is 0 Å². The van der Waals surface area contributed by atoms with E-state index in [1.54, 1.807) is 0 Å². The van der Waals surface area contributed by atoms with Gasteiger partial charge in [0.15, 0.2) is 9.84 Å². The number of hydrogen-bond acceptors (Lipinski definition) is 2. The quantitative estimate of drug-likeness (QED) is 0.471. The summed E-state index contributed by atoms with van der Waals surface area (Å²) in [5.41, 5.74) is 0. The molecule has 0 unspecified atom stereocenters. The van der Waals surface area contributed by atoms with Crippen LogP contribution in [-0.2, 0) is 0 Å². The summed E-state index contributed by atoms with van der Waals surface area (Å²) in [6.07, 6.45) is 0. The van der Waals surface area contributed by atoms with E-state index < -0.39 is 8.96 Å². The van der Waals surface area contributed by atoms with E-state index in [-0.39, 0.29) is 9.84 Å². The summed E-state index contributed by atoms with van der Waals surface area (Å²) in [7, 11) is -0.336. The minimum absolute atomic E-state index is 0.0548. The van der Waals surface area contributed by atoms with Gasteiger partial charge in [-0.15, -0.1) is 0 Å². The molecule has 0 saturated carbocycles. The van der Waals surface area contributed by atoms with Crippen molar-refractivity contribution in [1.82, 2.24) is 9.21 Å². The maximum atomic E-state index is 3.45. The minimum Gasteiger partial charge on any atom is -0.340 e. The topological polar surface area (TPSA) is 15.3 Å². The van der Waals surface area contributed by atoms with Gasteiger partial charge in [0.1, 0.15) is 0 Å². The maximum Gasteiger partial charge on any atom is 0.163 e. The molecular formula is C4H14N2Si2. The number of nitrogens with zero attached hydrogens (tertiary/aromatic N) is 1. The molecule has 0 spiro atoms. The third-order valence-corrected chi connectivity index (χ3v) is 7.38. The lowest BCUT2D eigenvalue weighted by Crippen LogP contribution is -2.35. The lowest BCUT2D eigenvalue weighted by molar-refractivity contribution is 0.720. The highest BCUT2D eigenvalue weighted by Crippen LogP contribution is 1.93. The van der Waals surface area contributed by atoms with Gasteiger partial charge in [-0.05, 0) is 6.54 Å². The molecule has 1 rings (SSSR count). The van der Waals surface area contributed by atoms with Gasteiger partial charge >= 0.3 is 0 Å². The molecule has 1 N–H and O–H groups in total. The lowest BCUT2D eigenvalue weighted by Gasteiger charge is -2.16. The van der Waals surface area contributed by atoms with Gasteiger partial charge in [0, 0.05) is 6.54 Å². The zero-order valence-electron chi connectivity index (χ0n) is 5.65. The molecule has 0 amide bonds. The zero-order chi connectivity index (χ0) is 5.98. The van der Waals surface area contributed by atoms with Crippen molar-refractivity contribution in [2.75, 3.05) is 13.1 Å². The van der Waals surface area contributed by atoms with Gasteiger partial charge < -0.3 is 9.21 Å². The largest absolute Gasteiger partial charge is 0.340 e. The summed E-state index contributed by atoms with van der Waals surface area (Å²) in [6.45, 7) is 7.41. The fraction of sp³-hybridized carbons (Fsp3) is 1.00. The van der Waals surface area contributed by atoms with Crippen molar-refractivity contribution in [2.45, 2.75) is 13.1 Å². The van der Waals surface area contributed by atoms with Gasteiger partial charge in [-0.2, -0.15) is 0 Å². The Bertz CT molecular complexity index is 70.4. The second-order valence-corrected chi connectivity index (χ2v) is 7.84. The first-order valence-corrected chi connectivity index (χ1v) is 7.42. The fourth-order valence-electron chi connectivity index (χ4n) is 0.965. The zero-order valence-corrected chi connectivity index (χ0v) is 8.21. The van der Waals surface area contributed by atoms with Gasteiger partial charge in [-0.3, -0.25) is 0 Å². The van der Waals surface area contributed by atoms with Crippen LogP contribution in [0.4, 0.5) is 0 Å². The molecule has 0 aromatic carbocycles. The molecule has 1 aliphatic heterocycles. The van der Waals surface area contributed by atoms with Crippen LogP contribution in [0.2, 0.25) is 13.1 Å². The predicted molar refractivity (Wildman–Crippen MR) is 42.1 cm³/mol. The molecule has 1 heterocycles. The Kier molecular flexibility index (Phi) is 2.24. The van der Waals surface area contributed by atoms with Crippen LogP contribution in [0, 0.1) is 0 Å². The molecule has 1 fully saturated rings. The van der Waals surface area contributed by atoms with E-state index >= 15 is 0 Å². The molecule has 1 saturated heterocycles. The van der Waals surface area contributed by atoms with Gasteiger partial charge in [0.25, 0.3) is 0 Å². The van der Waals surface area contributed by atoms with Gasteiger partial charge in [0.05, 0.1) is 8.96 Å². The van der Waals surface area contributed by atoms with Crippen molar-refractivity contribution in [3.8, 4) is 0 Å². The van der Waals surface area contributed by atoms with Crippen molar-refractivity contribution in [3.05, 3.63) is 0 Å². The molecule has 0 atom stereocenters. The van der Waals surface area contributed by atoms with Crippen LogP contribution in [-0.4, -0.2) is 36.1 Å².